The summed E-state index contributed by atoms with van der Waals surface area (Å²) in [4.78, 5) is 5.25. The minimum atomic E-state index is -0.625. The van der Waals surface area contributed by atoms with Crippen LogP contribution in [0.5, 0.6) is 5.75 Å². The molecule has 9 aromatic rings. The first-order chi connectivity index (χ1) is 31.5. The fourth-order valence-electron chi connectivity index (χ4n) is 11.3. The number of fused-ring (bicyclic) bond motifs is 13. The van der Waals surface area contributed by atoms with Crippen LogP contribution in [-0.2, 0) is 5.41 Å². The molecule has 6 atom stereocenters. The van der Waals surface area contributed by atoms with Crippen molar-refractivity contribution >= 4 is 38.5 Å². The first-order valence-electron chi connectivity index (χ1n) is 22.2. The molecular formula is C58H42N4O2. The van der Waals surface area contributed by atoms with Gasteiger partial charge in [0.05, 0.1) is 16.9 Å². The third kappa shape index (κ3) is 5.44. The lowest BCUT2D eigenvalue weighted by Crippen LogP contribution is -2.50. The van der Waals surface area contributed by atoms with E-state index in [0.29, 0.717) is 6.42 Å². The average Bonchev–Trinajstić information content (AvgIpc) is 3.87. The number of rotatable bonds is 4. The van der Waals surface area contributed by atoms with Gasteiger partial charge in [-0.3, -0.25) is 5.32 Å². The monoisotopic (exact) mass is 826 g/mol. The Kier molecular flexibility index (Phi) is 8.01. The first-order valence-corrected chi connectivity index (χ1v) is 22.2. The van der Waals surface area contributed by atoms with E-state index in [1.165, 1.54) is 33.0 Å². The van der Waals surface area contributed by atoms with E-state index in [9.17, 15) is 5.26 Å². The molecule has 8 aromatic carbocycles. The highest BCUT2D eigenvalue weighted by Gasteiger charge is 2.58. The van der Waals surface area contributed by atoms with Gasteiger partial charge in [-0.15, -0.1) is 0 Å². The van der Waals surface area contributed by atoms with Gasteiger partial charge in [-0.1, -0.05) is 164 Å². The third-order valence-corrected chi connectivity index (χ3v) is 14.3. The van der Waals surface area contributed by atoms with Crippen molar-refractivity contribution in [3.05, 3.63) is 221 Å². The van der Waals surface area contributed by atoms with Gasteiger partial charge in [-0.2, -0.15) is 5.26 Å². The number of nitriles is 1. The number of nitrogens with zero attached hydrogens (tertiary/aromatic N) is 2. The SMILES string of the molecule is CC1(C#N)C=CC2C(C1)Oc1cc(-c3ccc(C4=NC(c5ccccc5)NC(c5cccc6c5oc5ccccc56)N4)cc3)ccc1C21c2ccccc2-c2cc3ccccc3cc21. The van der Waals surface area contributed by atoms with Crippen LogP contribution in [0.15, 0.2) is 197 Å². The minimum Gasteiger partial charge on any atom is -0.489 e. The number of nitrogens with one attached hydrogen (secondary N) is 2. The predicted octanol–water partition coefficient (Wildman–Crippen LogP) is 12.9. The molecule has 0 amide bonds. The zero-order valence-electron chi connectivity index (χ0n) is 35.1. The first kappa shape index (κ1) is 36.9. The third-order valence-electron chi connectivity index (χ3n) is 14.3. The minimum absolute atomic E-state index is 0.00394. The molecule has 2 aliphatic heterocycles. The van der Waals surface area contributed by atoms with Crippen molar-refractivity contribution in [1.82, 2.24) is 10.6 Å². The Hall–Kier alpha value is -7.72. The molecule has 1 aromatic heterocycles. The Labute approximate surface area is 371 Å². The molecule has 13 rings (SSSR count). The molecule has 6 heteroatoms. The number of hydrogen-bond acceptors (Lipinski definition) is 6. The second-order valence-electron chi connectivity index (χ2n) is 18.0. The van der Waals surface area contributed by atoms with Crippen LogP contribution in [0.2, 0.25) is 0 Å². The van der Waals surface area contributed by atoms with E-state index in [4.69, 9.17) is 14.1 Å². The standard InChI is InChI=1S/C58H42N4O2/c1-57(34-59)29-28-48-52(33-57)63-51-32-40(26-27-47(51)58(48)46-20-9-7-16-41(46)45-30-38-14-5-6-15-39(38)31-49(45)58)35-22-24-37(25-23-35)55-60-54(36-12-3-2-4-13-36)61-56(62-55)44-19-11-18-43-42-17-8-10-21-50(42)64-53(43)44/h2-32,48,52,54,56,61H,33H2,1H3,(H,60,62). The smallest absolute Gasteiger partial charge is 0.142 e. The van der Waals surface area contributed by atoms with Gasteiger partial charge in [0.25, 0.3) is 0 Å². The number of benzene rings is 8. The summed E-state index contributed by atoms with van der Waals surface area (Å²) in [6.45, 7) is 2.03. The van der Waals surface area contributed by atoms with Gasteiger partial charge in [0.1, 0.15) is 41.2 Å². The number of para-hydroxylation sites is 2. The van der Waals surface area contributed by atoms with Crippen molar-refractivity contribution in [3.8, 4) is 34.1 Å². The molecule has 64 heavy (non-hydrogen) atoms. The van der Waals surface area contributed by atoms with Gasteiger partial charge in [-0.05, 0) is 80.9 Å². The summed E-state index contributed by atoms with van der Waals surface area (Å²) in [5.74, 6) is 1.67. The molecule has 306 valence electrons. The van der Waals surface area contributed by atoms with E-state index in [2.05, 4.69) is 187 Å². The van der Waals surface area contributed by atoms with Crippen molar-refractivity contribution in [1.29, 1.82) is 5.26 Å². The molecule has 0 fully saturated rings. The fraction of sp³-hybridized carbons (Fsp3) is 0.138. The fourth-order valence-corrected chi connectivity index (χ4v) is 11.3. The number of aliphatic imine (C=N–C) groups is 1. The summed E-state index contributed by atoms with van der Waals surface area (Å²) < 4.78 is 13.6. The van der Waals surface area contributed by atoms with Crippen molar-refractivity contribution in [2.75, 3.05) is 0 Å². The highest BCUT2D eigenvalue weighted by Crippen LogP contribution is 2.63. The van der Waals surface area contributed by atoms with Crippen LogP contribution in [0.3, 0.4) is 0 Å². The largest absolute Gasteiger partial charge is 0.489 e. The molecule has 0 saturated carbocycles. The molecule has 0 saturated heterocycles. The molecule has 0 bridgehead atoms. The van der Waals surface area contributed by atoms with Crippen molar-refractivity contribution in [3.63, 3.8) is 0 Å². The molecule has 4 aliphatic rings. The van der Waals surface area contributed by atoms with E-state index in [1.807, 2.05) is 25.1 Å². The van der Waals surface area contributed by atoms with Crippen LogP contribution >= 0.6 is 0 Å². The Morgan fingerprint density at radius 3 is 2.25 bits per heavy atom. The number of hydrogen-bond donors (Lipinski definition) is 2. The molecule has 6 unspecified atom stereocenters. The normalized spacial score (nSPS) is 24.0. The molecule has 6 nitrogen and oxygen atoms in total. The van der Waals surface area contributed by atoms with Gasteiger partial charge in [-0.25, -0.2) is 4.99 Å². The van der Waals surface area contributed by atoms with E-state index in [1.54, 1.807) is 0 Å². The molecule has 0 radical (unpaired) electrons. The molecular weight excluding hydrogens is 785 g/mol. The maximum Gasteiger partial charge on any atom is 0.142 e. The molecule has 1 spiro atoms. The second kappa shape index (κ2) is 13.9. The summed E-state index contributed by atoms with van der Waals surface area (Å²) in [6.07, 6.45) is 4.28. The van der Waals surface area contributed by atoms with Crippen LogP contribution in [0, 0.1) is 22.7 Å². The van der Waals surface area contributed by atoms with E-state index in [0.717, 1.165) is 66.9 Å². The topological polar surface area (TPSA) is 82.6 Å². The quantitative estimate of drug-likeness (QED) is 0.173. The summed E-state index contributed by atoms with van der Waals surface area (Å²) in [5.41, 5.74) is 12.1. The van der Waals surface area contributed by atoms with Crippen molar-refractivity contribution in [2.24, 2.45) is 16.3 Å². The zero-order valence-corrected chi connectivity index (χ0v) is 35.1. The number of allylic oxidation sites excluding steroid dienone is 1. The lowest BCUT2D eigenvalue weighted by Gasteiger charge is -2.50. The van der Waals surface area contributed by atoms with Gasteiger partial charge in [0.15, 0.2) is 0 Å². The van der Waals surface area contributed by atoms with Crippen LogP contribution in [-0.4, -0.2) is 11.9 Å². The molecule has 2 N–H and O–H groups in total. The predicted molar refractivity (Wildman–Crippen MR) is 255 cm³/mol. The van der Waals surface area contributed by atoms with Gasteiger partial charge >= 0.3 is 0 Å². The van der Waals surface area contributed by atoms with E-state index < -0.39 is 10.8 Å². The van der Waals surface area contributed by atoms with Crippen LogP contribution in [0.1, 0.15) is 59.1 Å². The van der Waals surface area contributed by atoms with Gasteiger partial charge in [0, 0.05) is 39.8 Å². The van der Waals surface area contributed by atoms with Gasteiger partial charge < -0.3 is 14.5 Å². The Bertz CT molecular complexity index is 3470. The summed E-state index contributed by atoms with van der Waals surface area (Å²) >= 11 is 0. The maximum atomic E-state index is 10.4. The number of ether oxygens (including phenoxy) is 1. The maximum absolute atomic E-state index is 10.4. The summed E-state index contributed by atoms with van der Waals surface area (Å²) in [7, 11) is 0. The lowest BCUT2D eigenvalue weighted by atomic mass is 9.57. The highest BCUT2D eigenvalue weighted by molar-refractivity contribution is 6.06. The number of furan rings is 1. The Morgan fingerprint density at radius 2 is 1.39 bits per heavy atom. The molecule has 3 heterocycles. The number of amidine groups is 1. The highest BCUT2D eigenvalue weighted by atomic mass is 16.5. The van der Waals surface area contributed by atoms with E-state index in [-0.39, 0.29) is 24.4 Å². The van der Waals surface area contributed by atoms with Crippen LogP contribution in [0.4, 0.5) is 0 Å². The van der Waals surface area contributed by atoms with Crippen LogP contribution in [0.25, 0.3) is 55.0 Å². The lowest BCUT2D eigenvalue weighted by molar-refractivity contribution is 0.0700. The molecule has 2 aliphatic carbocycles. The summed E-state index contributed by atoms with van der Waals surface area (Å²) in [6, 6.07) is 65.3. The Balaban J connectivity index is 0.905. The Morgan fingerprint density at radius 1 is 0.656 bits per heavy atom. The van der Waals surface area contributed by atoms with Crippen LogP contribution < -0.4 is 15.4 Å². The van der Waals surface area contributed by atoms with Crippen molar-refractivity contribution < 1.29 is 9.15 Å². The average molecular weight is 827 g/mol. The second-order valence-corrected chi connectivity index (χ2v) is 18.0. The van der Waals surface area contributed by atoms with Crippen molar-refractivity contribution in [2.45, 2.75) is 37.2 Å². The van der Waals surface area contributed by atoms with Gasteiger partial charge in [0.2, 0.25) is 0 Å². The van der Waals surface area contributed by atoms with E-state index >= 15 is 0 Å². The summed E-state index contributed by atoms with van der Waals surface area (Å²) in [5, 5.41) is 22.5. The zero-order chi connectivity index (χ0) is 42.6.